The van der Waals surface area contributed by atoms with Crippen LogP contribution in [0.5, 0.6) is 0 Å². The van der Waals surface area contributed by atoms with E-state index in [1.54, 1.807) is 18.2 Å². The molecule has 1 aromatic carbocycles. The van der Waals surface area contributed by atoms with Crippen molar-refractivity contribution in [1.29, 1.82) is 0 Å². The van der Waals surface area contributed by atoms with Crippen LogP contribution in [0.25, 0.3) is 0 Å². The molecule has 19 heavy (non-hydrogen) atoms. The van der Waals surface area contributed by atoms with Crippen LogP contribution in [-0.4, -0.2) is 37.1 Å². The lowest BCUT2D eigenvalue weighted by molar-refractivity contribution is 0.0491. The van der Waals surface area contributed by atoms with E-state index >= 15 is 0 Å². The molecule has 4 nitrogen and oxygen atoms in total. The zero-order valence-corrected chi connectivity index (χ0v) is 11.7. The number of nitrogens with zero attached hydrogens (tertiary/aromatic N) is 1. The van der Waals surface area contributed by atoms with Crippen LogP contribution < -0.4 is 5.73 Å². The third-order valence-corrected chi connectivity index (χ3v) is 3.42. The van der Waals surface area contributed by atoms with Gasteiger partial charge in [0.15, 0.2) is 0 Å². The molecule has 0 unspecified atom stereocenters. The lowest BCUT2D eigenvalue weighted by Gasteiger charge is -2.14. The van der Waals surface area contributed by atoms with Gasteiger partial charge in [-0.25, -0.2) is 4.79 Å². The van der Waals surface area contributed by atoms with Gasteiger partial charge < -0.3 is 15.4 Å². The van der Waals surface area contributed by atoms with Gasteiger partial charge in [-0.3, -0.25) is 0 Å². The summed E-state index contributed by atoms with van der Waals surface area (Å²) in [5.41, 5.74) is 6.51. The number of nitrogens with two attached hydrogens (primary N) is 1. The van der Waals surface area contributed by atoms with Gasteiger partial charge in [0.1, 0.15) is 0 Å². The number of esters is 1. The van der Waals surface area contributed by atoms with Crippen molar-refractivity contribution in [2.24, 2.45) is 0 Å². The second-order valence-corrected chi connectivity index (χ2v) is 5.25. The minimum atomic E-state index is -0.365. The second kappa shape index (κ2) is 6.78. The summed E-state index contributed by atoms with van der Waals surface area (Å²) in [4.78, 5) is 14.2. The Morgan fingerprint density at radius 3 is 2.74 bits per heavy atom. The summed E-state index contributed by atoms with van der Waals surface area (Å²) in [5.74, 6) is -0.365. The fraction of sp³-hybridized carbons (Fsp3) is 0.500. The van der Waals surface area contributed by atoms with E-state index in [1.807, 2.05) is 0 Å². The lowest BCUT2D eigenvalue weighted by Crippen LogP contribution is -2.22. The first kappa shape index (κ1) is 14.2. The Bertz CT molecular complexity index is 425. The quantitative estimate of drug-likeness (QED) is 0.512. The summed E-state index contributed by atoms with van der Waals surface area (Å²) in [5, 5.41) is 0.448. The molecule has 0 amide bonds. The molecule has 1 aromatic rings. The third kappa shape index (κ3) is 4.40. The minimum absolute atomic E-state index is 0.365. The number of benzene rings is 1. The number of carbonyl (C=O) groups excluding carboxylic acids is 1. The number of halogens is 1. The van der Waals surface area contributed by atoms with Gasteiger partial charge in [-0.05, 0) is 50.6 Å². The van der Waals surface area contributed by atoms with Crippen molar-refractivity contribution in [2.45, 2.75) is 19.3 Å². The Kier molecular flexibility index (Phi) is 5.05. The van der Waals surface area contributed by atoms with Crippen molar-refractivity contribution >= 4 is 23.3 Å². The fourth-order valence-electron chi connectivity index (χ4n) is 2.27. The van der Waals surface area contributed by atoms with Crippen molar-refractivity contribution in [1.82, 2.24) is 4.90 Å². The van der Waals surface area contributed by atoms with Gasteiger partial charge in [0.25, 0.3) is 0 Å². The highest BCUT2D eigenvalue weighted by molar-refractivity contribution is 6.31. The standard InChI is InChI=1S/C14H19ClN2O2/c15-12-8-11(9-13(16)10-12)14(18)19-7-3-6-17-4-1-2-5-17/h8-10H,1-7,16H2. The van der Waals surface area contributed by atoms with Gasteiger partial charge in [0.2, 0.25) is 0 Å². The number of hydrogen-bond acceptors (Lipinski definition) is 4. The Morgan fingerprint density at radius 1 is 1.32 bits per heavy atom. The number of nitrogen functional groups attached to an aromatic ring is 1. The predicted molar refractivity (Wildman–Crippen MR) is 76.4 cm³/mol. The molecule has 2 rings (SSSR count). The van der Waals surface area contributed by atoms with Crippen LogP contribution in [0.4, 0.5) is 5.69 Å². The van der Waals surface area contributed by atoms with Crippen LogP contribution >= 0.6 is 11.6 Å². The zero-order valence-electron chi connectivity index (χ0n) is 10.9. The second-order valence-electron chi connectivity index (χ2n) is 4.81. The third-order valence-electron chi connectivity index (χ3n) is 3.21. The summed E-state index contributed by atoms with van der Waals surface area (Å²) in [6, 6.07) is 4.75. The largest absolute Gasteiger partial charge is 0.462 e. The molecule has 0 aromatic heterocycles. The Hall–Kier alpha value is -1.26. The van der Waals surface area contributed by atoms with Gasteiger partial charge in [-0.15, -0.1) is 0 Å². The number of rotatable bonds is 5. The van der Waals surface area contributed by atoms with E-state index in [4.69, 9.17) is 22.1 Å². The molecular weight excluding hydrogens is 264 g/mol. The van der Waals surface area contributed by atoms with E-state index in [1.165, 1.54) is 25.9 Å². The van der Waals surface area contributed by atoms with Gasteiger partial charge in [0, 0.05) is 17.3 Å². The molecule has 104 valence electrons. The molecule has 2 N–H and O–H groups in total. The van der Waals surface area contributed by atoms with E-state index < -0.39 is 0 Å². The number of ether oxygens (including phenoxy) is 1. The monoisotopic (exact) mass is 282 g/mol. The number of likely N-dealkylation sites (tertiary alicyclic amines) is 1. The highest BCUT2D eigenvalue weighted by atomic mass is 35.5. The van der Waals surface area contributed by atoms with Crippen LogP contribution in [0.2, 0.25) is 5.02 Å². The van der Waals surface area contributed by atoms with Gasteiger partial charge >= 0.3 is 5.97 Å². The molecule has 0 bridgehead atoms. The molecule has 0 spiro atoms. The molecule has 1 fully saturated rings. The van der Waals surface area contributed by atoms with Gasteiger partial charge in [-0.1, -0.05) is 11.6 Å². The van der Waals surface area contributed by atoms with E-state index in [-0.39, 0.29) is 5.97 Å². The predicted octanol–water partition coefficient (Wildman–Crippen LogP) is 2.56. The summed E-state index contributed by atoms with van der Waals surface area (Å²) in [6.07, 6.45) is 3.42. The van der Waals surface area contributed by atoms with Crippen molar-refractivity contribution < 1.29 is 9.53 Å². The van der Waals surface area contributed by atoms with Gasteiger partial charge in [0.05, 0.1) is 12.2 Å². The van der Waals surface area contributed by atoms with E-state index in [9.17, 15) is 4.79 Å². The molecule has 0 radical (unpaired) electrons. The fourth-order valence-corrected chi connectivity index (χ4v) is 2.52. The summed E-state index contributed by atoms with van der Waals surface area (Å²) >= 11 is 5.85. The maximum absolute atomic E-state index is 11.8. The SMILES string of the molecule is Nc1cc(Cl)cc(C(=O)OCCCN2CCCC2)c1. The van der Waals surface area contributed by atoms with Crippen LogP contribution in [0.15, 0.2) is 18.2 Å². The van der Waals surface area contributed by atoms with E-state index in [0.717, 1.165) is 13.0 Å². The summed E-state index contributed by atoms with van der Waals surface area (Å²) < 4.78 is 5.22. The number of anilines is 1. The molecular formula is C14H19ClN2O2. The highest BCUT2D eigenvalue weighted by Gasteiger charge is 2.12. The summed E-state index contributed by atoms with van der Waals surface area (Å²) in [6.45, 7) is 3.75. The molecule has 5 heteroatoms. The van der Waals surface area contributed by atoms with Gasteiger partial charge in [-0.2, -0.15) is 0 Å². The Labute approximate surface area is 118 Å². The molecule has 1 aliphatic rings. The molecule has 0 saturated carbocycles. The average Bonchev–Trinajstić information content (AvgIpc) is 2.86. The minimum Gasteiger partial charge on any atom is -0.462 e. The van der Waals surface area contributed by atoms with Crippen molar-refractivity contribution in [3.63, 3.8) is 0 Å². The first-order chi connectivity index (χ1) is 9.15. The molecule has 0 aliphatic carbocycles. The van der Waals surface area contributed by atoms with Crippen LogP contribution in [-0.2, 0) is 4.74 Å². The molecule has 1 saturated heterocycles. The van der Waals surface area contributed by atoms with Crippen molar-refractivity contribution in [3.8, 4) is 0 Å². The van der Waals surface area contributed by atoms with Crippen molar-refractivity contribution in [3.05, 3.63) is 28.8 Å². The first-order valence-electron chi connectivity index (χ1n) is 6.61. The molecule has 1 aliphatic heterocycles. The number of hydrogen-bond donors (Lipinski definition) is 1. The highest BCUT2D eigenvalue weighted by Crippen LogP contribution is 2.17. The molecule has 1 heterocycles. The van der Waals surface area contributed by atoms with Crippen LogP contribution in [0, 0.1) is 0 Å². The maximum atomic E-state index is 11.8. The Morgan fingerprint density at radius 2 is 2.05 bits per heavy atom. The van der Waals surface area contributed by atoms with Crippen LogP contribution in [0.1, 0.15) is 29.6 Å². The first-order valence-corrected chi connectivity index (χ1v) is 6.98. The topological polar surface area (TPSA) is 55.6 Å². The number of carbonyl (C=O) groups is 1. The van der Waals surface area contributed by atoms with E-state index in [2.05, 4.69) is 4.90 Å². The normalized spacial score (nSPS) is 15.6. The smallest absolute Gasteiger partial charge is 0.338 e. The lowest BCUT2D eigenvalue weighted by atomic mass is 10.2. The van der Waals surface area contributed by atoms with E-state index in [0.29, 0.717) is 22.9 Å². The molecule has 0 atom stereocenters. The average molecular weight is 283 g/mol. The van der Waals surface area contributed by atoms with Crippen molar-refractivity contribution in [2.75, 3.05) is 32.0 Å². The zero-order chi connectivity index (χ0) is 13.7. The summed E-state index contributed by atoms with van der Waals surface area (Å²) in [7, 11) is 0. The van der Waals surface area contributed by atoms with Crippen LogP contribution in [0.3, 0.4) is 0 Å². The maximum Gasteiger partial charge on any atom is 0.338 e. The Balaban J connectivity index is 1.74.